The van der Waals surface area contributed by atoms with E-state index in [-0.39, 0.29) is 11.8 Å². The lowest BCUT2D eigenvalue weighted by molar-refractivity contribution is 0.0600. The van der Waals surface area contributed by atoms with Crippen LogP contribution in [0.2, 0.25) is 0 Å². The van der Waals surface area contributed by atoms with Crippen molar-refractivity contribution in [3.8, 4) is 0 Å². The van der Waals surface area contributed by atoms with Gasteiger partial charge in [0, 0.05) is 11.3 Å². The van der Waals surface area contributed by atoms with Crippen molar-refractivity contribution in [2.75, 3.05) is 18.6 Å². The van der Waals surface area contributed by atoms with Gasteiger partial charge in [-0.3, -0.25) is 4.79 Å². The van der Waals surface area contributed by atoms with E-state index in [4.69, 9.17) is 4.74 Å². The largest absolute Gasteiger partial charge is 0.465 e. The van der Waals surface area contributed by atoms with Gasteiger partial charge in [-0.1, -0.05) is 18.2 Å². The molecule has 0 saturated carbocycles. The molecule has 100 valence electrons. The van der Waals surface area contributed by atoms with Gasteiger partial charge in [-0.2, -0.15) is 0 Å². The summed E-state index contributed by atoms with van der Waals surface area (Å²) in [5.74, 6) is -0.297. The minimum atomic E-state index is -0.384. The number of fused-ring (bicyclic) bond motifs is 1. The molecule has 0 aliphatic carbocycles. The van der Waals surface area contributed by atoms with E-state index in [1.165, 1.54) is 7.11 Å². The van der Waals surface area contributed by atoms with E-state index in [2.05, 4.69) is 0 Å². The van der Waals surface area contributed by atoms with Gasteiger partial charge in [0.1, 0.15) is 0 Å². The lowest BCUT2D eigenvalue weighted by Crippen LogP contribution is -2.16. The van der Waals surface area contributed by atoms with E-state index in [1.807, 2.05) is 35.2 Å². The number of para-hydroxylation sites is 1. The summed E-state index contributed by atoms with van der Waals surface area (Å²) in [5, 5.41) is 0. The first kappa shape index (κ1) is 12.4. The Morgan fingerprint density at radius 2 is 1.95 bits per heavy atom. The van der Waals surface area contributed by atoms with Crippen LogP contribution in [0.1, 0.15) is 20.7 Å². The summed E-state index contributed by atoms with van der Waals surface area (Å²) in [6.45, 7) is 0.296. The normalized spacial score (nSPS) is 13.2. The number of ether oxygens (including phenoxy) is 1. The molecule has 0 atom stereocenters. The predicted molar refractivity (Wildman–Crippen MR) is 75.6 cm³/mol. The van der Waals surface area contributed by atoms with Crippen LogP contribution in [0, 0.1) is 0 Å². The van der Waals surface area contributed by atoms with Crippen LogP contribution in [-0.2, 0) is 4.74 Å². The fourth-order valence-corrected chi connectivity index (χ4v) is 2.41. The maximum atomic E-state index is 12.0. The predicted octanol–water partition coefficient (Wildman–Crippen LogP) is 2.81. The van der Waals surface area contributed by atoms with Crippen molar-refractivity contribution < 1.29 is 14.3 Å². The first-order valence-corrected chi connectivity index (χ1v) is 6.29. The molecular formula is C16H13NO3. The van der Waals surface area contributed by atoms with Crippen LogP contribution in [0.15, 0.2) is 48.5 Å². The Labute approximate surface area is 116 Å². The van der Waals surface area contributed by atoms with Crippen molar-refractivity contribution in [3.05, 3.63) is 59.7 Å². The van der Waals surface area contributed by atoms with Crippen LogP contribution in [0.3, 0.4) is 0 Å². The summed E-state index contributed by atoms with van der Waals surface area (Å²) in [4.78, 5) is 25.5. The molecule has 2 aromatic carbocycles. The second-order valence-electron chi connectivity index (χ2n) is 4.57. The number of benzene rings is 2. The molecule has 0 radical (unpaired) electrons. The number of Topliss-reactive ketones (excluding diaryl/α,β-unsaturated/α-hetero) is 1. The molecule has 1 aliphatic heterocycles. The summed E-state index contributed by atoms with van der Waals surface area (Å²) in [6.07, 6.45) is 0. The molecule has 3 rings (SSSR count). The Kier molecular flexibility index (Phi) is 2.99. The van der Waals surface area contributed by atoms with E-state index in [0.29, 0.717) is 12.1 Å². The molecule has 0 unspecified atom stereocenters. The molecule has 2 aromatic rings. The number of ketones is 1. The highest BCUT2D eigenvalue weighted by molar-refractivity contribution is 6.10. The summed E-state index contributed by atoms with van der Waals surface area (Å²) < 4.78 is 4.72. The molecule has 20 heavy (non-hydrogen) atoms. The van der Waals surface area contributed by atoms with Crippen LogP contribution in [0.25, 0.3) is 0 Å². The van der Waals surface area contributed by atoms with Gasteiger partial charge in [-0.05, 0) is 30.3 Å². The number of hydrogen-bond acceptors (Lipinski definition) is 4. The van der Waals surface area contributed by atoms with Crippen molar-refractivity contribution in [3.63, 3.8) is 0 Å². The van der Waals surface area contributed by atoms with Crippen molar-refractivity contribution in [2.45, 2.75) is 0 Å². The zero-order valence-electron chi connectivity index (χ0n) is 11.0. The standard InChI is InChI=1S/C16H13NO3/c1-20-16(19)11-5-4-6-12(9-11)17-10-15(18)13-7-2-3-8-14(13)17/h2-9H,10H2,1H3. The Morgan fingerprint density at radius 1 is 1.15 bits per heavy atom. The van der Waals surface area contributed by atoms with E-state index >= 15 is 0 Å². The average molecular weight is 267 g/mol. The van der Waals surface area contributed by atoms with Crippen LogP contribution >= 0.6 is 0 Å². The minimum Gasteiger partial charge on any atom is -0.465 e. The van der Waals surface area contributed by atoms with Crippen molar-refractivity contribution in [1.29, 1.82) is 0 Å². The quantitative estimate of drug-likeness (QED) is 0.785. The SMILES string of the molecule is COC(=O)c1cccc(N2CC(=O)c3ccccc32)c1. The van der Waals surface area contributed by atoms with Crippen LogP contribution in [0.4, 0.5) is 11.4 Å². The second-order valence-corrected chi connectivity index (χ2v) is 4.57. The van der Waals surface area contributed by atoms with E-state index in [9.17, 15) is 9.59 Å². The number of esters is 1. The second kappa shape index (κ2) is 4.81. The van der Waals surface area contributed by atoms with E-state index in [0.717, 1.165) is 16.9 Å². The molecule has 4 nitrogen and oxygen atoms in total. The monoisotopic (exact) mass is 267 g/mol. The van der Waals surface area contributed by atoms with Crippen molar-refractivity contribution >= 4 is 23.1 Å². The number of methoxy groups -OCH3 is 1. The number of nitrogens with zero attached hydrogens (tertiary/aromatic N) is 1. The molecule has 0 spiro atoms. The summed E-state index contributed by atoms with van der Waals surface area (Å²) in [5.41, 5.74) is 2.88. The lowest BCUT2D eigenvalue weighted by atomic mass is 10.1. The first-order valence-electron chi connectivity index (χ1n) is 6.29. The van der Waals surface area contributed by atoms with E-state index in [1.54, 1.807) is 18.2 Å². The lowest BCUT2D eigenvalue weighted by Gasteiger charge is -2.19. The molecule has 0 fully saturated rings. The van der Waals surface area contributed by atoms with Gasteiger partial charge in [-0.25, -0.2) is 4.79 Å². The van der Waals surface area contributed by atoms with Crippen LogP contribution in [0.5, 0.6) is 0 Å². The maximum absolute atomic E-state index is 12.0. The minimum absolute atomic E-state index is 0.0871. The Hall–Kier alpha value is -2.62. The summed E-state index contributed by atoms with van der Waals surface area (Å²) in [6, 6.07) is 14.6. The van der Waals surface area contributed by atoms with Gasteiger partial charge in [0.05, 0.1) is 24.9 Å². The summed E-state index contributed by atoms with van der Waals surface area (Å²) in [7, 11) is 1.35. The molecule has 0 aromatic heterocycles. The molecular weight excluding hydrogens is 254 g/mol. The van der Waals surface area contributed by atoms with Crippen LogP contribution in [-0.4, -0.2) is 25.4 Å². The fourth-order valence-electron chi connectivity index (χ4n) is 2.41. The van der Waals surface area contributed by atoms with Gasteiger partial charge < -0.3 is 9.64 Å². The van der Waals surface area contributed by atoms with Gasteiger partial charge in [-0.15, -0.1) is 0 Å². The number of anilines is 2. The fraction of sp³-hybridized carbons (Fsp3) is 0.125. The zero-order valence-corrected chi connectivity index (χ0v) is 11.0. The molecule has 0 N–H and O–H groups in total. The highest BCUT2D eigenvalue weighted by atomic mass is 16.5. The molecule has 0 amide bonds. The zero-order chi connectivity index (χ0) is 14.1. The van der Waals surface area contributed by atoms with Gasteiger partial charge in [0.2, 0.25) is 0 Å². The third kappa shape index (κ3) is 1.95. The molecule has 4 heteroatoms. The first-order chi connectivity index (χ1) is 9.70. The smallest absolute Gasteiger partial charge is 0.337 e. The molecule has 1 aliphatic rings. The Morgan fingerprint density at radius 3 is 2.75 bits per heavy atom. The third-order valence-corrected chi connectivity index (χ3v) is 3.38. The molecule has 0 bridgehead atoms. The molecule has 1 heterocycles. The van der Waals surface area contributed by atoms with Crippen molar-refractivity contribution in [1.82, 2.24) is 0 Å². The number of carbonyl (C=O) groups excluding carboxylic acids is 2. The van der Waals surface area contributed by atoms with Gasteiger partial charge >= 0.3 is 5.97 Å². The summed E-state index contributed by atoms with van der Waals surface area (Å²) >= 11 is 0. The third-order valence-electron chi connectivity index (χ3n) is 3.38. The Balaban J connectivity index is 2.03. The maximum Gasteiger partial charge on any atom is 0.337 e. The number of hydrogen-bond donors (Lipinski definition) is 0. The van der Waals surface area contributed by atoms with Crippen LogP contribution < -0.4 is 4.90 Å². The molecule has 0 saturated heterocycles. The average Bonchev–Trinajstić information content (AvgIpc) is 2.84. The number of carbonyl (C=O) groups is 2. The van der Waals surface area contributed by atoms with Gasteiger partial charge in [0.15, 0.2) is 5.78 Å². The van der Waals surface area contributed by atoms with Gasteiger partial charge in [0.25, 0.3) is 0 Å². The van der Waals surface area contributed by atoms with E-state index < -0.39 is 0 Å². The highest BCUT2D eigenvalue weighted by Gasteiger charge is 2.27. The Bertz CT molecular complexity index is 694. The topological polar surface area (TPSA) is 46.6 Å². The van der Waals surface area contributed by atoms with Crippen molar-refractivity contribution in [2.24, 2.45) is 0 Å². The highest BCUT2D eigenvalue weighted by Crippen LogP contribution is 2.34. The number of rotatable bonds is 2.